The molecule has 0 radical (unpaired) electrons. The predicted molar refractivity (Wildman–Crippen MR) is 192 cm³/mol. The van der Waals surface area contributed by atoms with Gasteiger partial charge in [-0.25, -0.2) is 4.98 Å². The van der Waals surface area contributed by atoms with E-state index in [1.807, 2.05) is 109 Å². The Morgan fingerprint density at radius 3 is 1.81 bits per heavy atom. The minimum absolute atomic E-state index is 0.425. The van der Waals surface area contributed by atoms with Gasteiger partial charge in [-0.15, -0.1) is 0 Å². The Morgan fingerprint density at radius 2 is 1.17 bits per heavy atom. The number of halogens is 1. The number of rotatable bonds is 16. The van der Waals surface area contributed by atoms with Crippen LogP contribution in [-0.4, -0.2) is 43.1 Å². The van der Waals surface area contributed by atoms with Crippen LogP contribution in [0, 0.1) is 0 Å². The Hall–Kier alpha value is -4.89. The molecule has 0 atom stereocenters. The highest BCUT2D eigenvalue weighted by Gasteiger charge is 2.20. The van der Waals surface area contributed by atoms with E-state index in [-0.39, 0.29) is 0 Å². The summed E-state index contributed by atoms with van der Waals surface area (Å²) in [6.45, 7) is 2.87. The van der Waals surface area contributed by atoms with E-state index in [0.29, 0.717) is 39.6 Å². The monoisotopic (exact) mass is 704 g/mol. The van der Waals surface area contributed by atoms with Crippen molar-refractivity contribution in [1.82, 2.24) is 9.55 Å². The predicted octanol–water partition coefficient (Wildman–Crippen LogP) is 9.17. The lowest BCUT2D eigenvalue weighted by Gasteiger charge is -2.14. The van der Waals surface area contributed by atoms with E-state index in [1.54, 1.807) is 7.11 Å². The Labute approximate surface area is 289 Å². The fraction of sp³-hybridized carbons (Fsp3) is 0.175. The summed E-state index contributed by atoms with van der Waals surface area (Å²) in [7, 11) is 1.65. The van der Waals surface area contributed by atoms with E-state index in [9.17, 15) is 0 Å². The highest BCUT2D eigenvalue weighted by molar-refractivity contribution is 9.10. The normalized spacial score (nSPS) is 11.0. The molecule has 0 saturated heterocycles. The first-order chi connectivity index (χ1) is 23.7. The van der Waals surface area contributed by atoms with Gasteiger partial charge in [0.05, 0.1) is 35.6 Å². The lowest BCUT2D eigenvalue weighted by atomic mass is 10.1. The lowest BCUT2D eigenvalue weighted by molar-refractivity contribution is 0.0543. The summed E-state index contributed by atoms with van der Waals surface area (Å²) in [5, 5.41) is 0. The maximum absolute atomic E-state index is 6.39. The molecule has 0 saturated carbocycles. The molecule has 0 fully saturated rings. The summed E-state index contributed by atoms with van der Waals surface area (Å²) < 4.78 is 32.2. The number of ether oxygens (including phenoxy) is 5. The number of nitrogens with zero attached hydrogens (tertiary/aromatic N) is 2. The van der Waals surface area contributed by atoms with Gasteiger partial charge >= 0.3 is 0 Å². The Morgan fingerprint density at radius 1 is 0.583 bits per heavy atom. The van der Waals surface area contributed by atoms with E-state index >= 15 is 0 Å². The molecule has 6 rings (SSSR count). The molecule has 5 aromatic carbocycles. The Kier molecular flexibility index (Phi) is 11.6. The van der Waals surface area contributed by atoms with Crippen LogP contribution >= 0.6 is 15.9 Å². The maximum atomic E-state index is 6.39. The summed E-state index contributed by atoms with van der Waals surface area (Å²) in [6, 6.07) is 42.3. The smallest absolute Gasteiger partial charge is 0.148 e. The van der Waals surface area contributed by atoms with Crippen molar-refractivity contribution in [3.05, 3.63) is 149 Å². The van der Waals surface area contributed by atoms with Crippen molar-refractivity contribution in [3.63, 3.8) is 0 Å². The first-order valence-corrected chi connectivity index (χ1v) is 16.6. The molecular formula is C40H37BrN2O5. The Bertz CT molecular complexity index is 1900. The number of aromatic nitrogens is 2. The minimum Gasteiger partial charge on any atom is -0.490 e. The van der Waals surface area contributed by atoms with Gasteiger partial charge in [0.2, 0.25) is 0 Å². The minimum atomic E-state index is 0.425. The van der Waals surface area contributed by atoms with Crippen LogP contribution in [-0.2, 0) is 22.7 Å². The second kappa shape index (κ2) is 16.8. The van der Waals surface area contributed by atoms with E-state index in [4.69, 9.17) is 28.7 Å². The number of benzene rings is 5. The van der Waals surface area contributed by atoms with Crippen LogP contribution in [0.1, 0.15) is 11.1 Å². The molecule has 0 aliphatic carbocycles. The average Bonchev–Trinajstić information content (AvgIpc) is 3.58. The zero-order chi connectivity index (χ0) is 33.0. The van der Waals surface area contributed by atoms with Gasteiger partial charge in [-0.1, -0.05) is 84.9 Å². The van der Waals surface area contributed by atoms with Crippen molar-refractivity contribution >= 4 is 15.9 Å². The summed E-state index contributed by atoms with van der Waals surface area (Å²) in [6.07, 6.45) is 2.04. The van der Waals surface area contributed by atoms with Gasteiger partial charge in [0.15, 0.2) is 0 Å². The standard InChI is InChI=1S/C40H37BrN2O5/c1-44-22-23-45-24-25-46-39-21-20-32(26-35(39)41)43-27-36(33-16-8-10-18-37(33)47-28-30-12-4-2-5-13-30)42-40(43)34-17-9-11-19-38(34)48-29-31-14-6-3-7-15-31/h2-21,26-27H,22-25,28-29H2,1H3. The van der Waals surface area contributed by atoms with Crippen molar-refractivity contribution in [1.29, 1.82) is 0 Å². The fourth-order valence-electron chi connectivity index (χ4n) is 5.16. The quantitative estimate of drug-likeness (QED) is 0.0937. The Balaban J connectivity index is 1.34. The molecule has 0 unspecified atom stereocenters. The van der Waals surface area contributed by atoms with Crippen LogP contribution in [0.15, 0.2) is 138 Å². The third-order valence-corrected chi connectivity index (χ3v) is 8.20. The van der Waals surface area contributed by atoms with Crippen molar-refractivity contribution < 1.29 is 23.7 Å². The summed E-state index contributed by atoms with van der Waals surface area (Å²) in [4.78, 5) is 5.23. The molecule has 0 spiro atoms. The number of imidazole rings is 1. The molecule has 1 aromatic heterocycles. The molecule has 0 bridgehead atoms. The molecule has 8 heteroatoms. The van der Waals surface area contributed by atoms with Gasteiger partial charge < -0.3 is 23.7 Å². The van der Waals surface area contributed by atoms with E-state index in [0.717, 1.165) is 61.2 Å². The first kappa shape index (κ1) is 33.0. The zero-order valence-corrected chi connectivity index (χ0v) is 28.3. The first-order valence-electron chi connectivity index (χ1n) is 15.8. The third-order valence-electron chi connectivity index (χ3n) is 7.58. The van der Waals surface area contributed by atoms with Gasteiger partial charge in [-0.2, -0.15) is 0 Å². The molecule has 0 amide bonds. The van der Waals surface area contributed by atoms with Gasteiger partial charge in [-0.05, 0) is 69.5 Å². The molecule has 7 nitrogen and oxygen atoms in total. The maximum Gasteiger partial charge on any atom is 0.148 e. The van der Waals surface area contributed by atoms with Gasteiger partial charge in [0, 0.05) is 24.6 Å². The second-order valence-electron chi connectivity index (χ2n) is 10.9. The van der Waals surface area contributed by atoms with Crippen LogP contribution in [0.25, 0.3) is 28.3 Å². The van der Waals surface area contributed by atoms with E-state index in [1.165, 1.54) is 0 Å². The highest BCUT2D eigenvalue weighted by Crippen LogP contribution is 2.38. The van der Waals surface area contributed by atoms with Crippen LogP contribution in [0.5, 0.6) is 17.2 Å². The van der Waals surface area contributed by atoms with Crippen LogP contribution in [0.4, 0.5) is 0 Å². The van der Waals surface area contributed by atoms with Gasteiger partial charge in [0.25, 0.3) is 0 Å². The van der Waals surface area contributed by atoms with Crippen LogP contribution in [0.2, 0.25) is 0 Å². The van der Waals surface area contributed by atoms with Gasteiger partial charge in [-0.3, -0.25) is 4.57 Å². The number of methoxy groups -OCH3 is 1. The fourth-order valence-corrected chi connectivity index (χ4v) is 5.64. The van der Waals surface area contributed by atoms with Crippen molar-refractivity contribution in [2.45, 2.75) is 13.2 Å². The van der Waals surface area contributed by atoms with E-state index < -0.39 is 0 Å². The van der Waals surface area contributed by atoms with Crippen LogP contribution in [0.3, 0.4) is 0 Å². The highest BCUT2D eigenvalue weighted by atomic mass is 79.9. The summed E-state index contributed by atoms with van der Waals surface area (Å²) >= 11 is 3.73. The summed E-state index contributed by atoms with van der Waals surface area (Å²) in [5.74, 6) is 2.95. The topological polar surface area (TPSA) is 64.0 Å². The molecule has 6 aromatic rings. The molecule has 0 aliphatic heterocycles. The van der Waals surface area contributed by atoms with Gasteiger partial charge in [0.1, 0.15) is 42.9 Å². The zero-order valence-electron chi connectivity index (χ0n) is 26.8. The number of hydrogen-bond acceptors (Lipinski definition) is 6. The molecule has 1 heterocycles. The summed E-state index contributed by atoms with van der Waals surface area (Å²) in [5.41, 5.74) is 5.62. The molecule has 0 aliphatic rings. The third kappa shape index (κ3) is 8.52. The molecule has 0 N–H and O–H groups in total. The number of hydrogen-bond donors (Lipinski definition) is 0. The van der Waals surface area contributed by atoms with Crippen molar-refractivity contribution in [3.8, 4) is 45.6 Å². The van der Waals surface area contributed by atoms with Crippen molar-refractivity contribution in [2.75, 3.05) is 33.5 Å². The second-order valence-corrected chi connectivity index (χ2v) is 11.8. The SMILES string of the molecule is COCCOCCOc1ccc(-n2cc(-c3ccccc3OCc3ccccc3)nc2-c2ccccc2OCc2ccccc2)cc1Br. The van der Waals surface area contributed by atoms with Crippen molar-refractivity contribution in [2.24, 2.45) is 0 Å². The molecule has 48 heavy (non-hydrogen) atoms. The largest absolute Gasteiger partial charge is 0.490 e. The molecular weight excluding hydrogens is 668 g/mol. The lowest BCUT2D eigenvalue weighted by Crippen LogP contribution is -2.10. The molecule has 244 valence electrons. The average molecular weight is 706 g/mol. The van der Waals surface area contributed by atoms with Crippen LogP contribution < -0.4 is 14.2 Å². The number of para-hydroxylation sites is 2. The van der Waals surface area contributed by atoms with E-state index in [2.05, 4.69) is 44.8 Å².